The Balaban J connectivity index is 1.89. The molecule has 6 heteroatoms. The second kappa shape index (κ2) is 5.49. The third-order valence-electron chi connectivity index (χ3n) is 2.84. The van der Waals surface area contributed by atoms with E-state index in [2.05, 4.69) is 16.4 Å². The number of hydrogen-bond acceptors (Lipinski definition) is 3. The molecule has 0 aliphatic rings. The molecule has 3 rings (SSSR count). The van der Waals surface area contributed by atoms with E-state index in [0.29, 0.717) is 12.4 Å². The van der Waals surface area contributed by atoms with Gasteiger partial charge in [-0.2, -0.15) is 0 Å². The first-order chi connectivity index (χ1) is 9.28. The van der Waals surface area contributed by atoms with Crippen molar-refractivity contribution >= 4 is 44.6 Å². The van der Waals surface area contributed by atoms with E-state index in [9.17, 15) is 0 Å². The lowest BCUT2D eigenvalue weighted by Gasteiger charge is -1.97. The minimum absolute atomic E-state index is 0.558. The molecule has 1 aromatic carbocycles. The zero-order valence-corrected chi connectivity index (χ0v) is 12.3. The number of benzene rings is 1. The highest BCUT2D eigenvalue weighted by Crippen LogP contribution is 2.35. The molecule has 0 unspecified atom stereocenters. The van der Waals surface area contributed by atoms with E-state index in [1.54, 1.807) is 16.0 Å². The van der Waals surface area contributed by atoms with Gasteiger partial charge >= 0.3 is 0 Å². The summed E-state index contributed by atoms with van der Waals surface area (Å²) < 4.78 is 3.00. The van der Waals surface area contributed by atoms with Crippen LogP contribution in [0.15, 0.2) is 30.5 Å². The van der Waals surface area contributed by atoms with Crippen molar-refractivity contribution in [2.75, 3.05) is 5.88 Å². The quantitative estimate of drug-likeness (QED) is 0.682. The lowest BCUT2D eigenvalue weighted by molar-refractivity contribution is 0.656. The molecule has 0 radical (unpaired) electrons. The molecule has 0 bridgehead atoms. The molecule has 2 aromatic heterocycles. The Bertz CT molecular complexity index is 705. The molecule has 19 heavy (non-hydrogen) atoms. The van der Waals surface area contributed by atoms with Gasteiger partial charge < -0.3 is 0 Å². The lowest BCUT2D eigenvalue weighted by atomic mass is 10.2. The number of nitrogens with zero attached hydrogens (tertiary/aromatic N) is 3. The number of aromatic nitrogens is 3. The first-order valence-electron chi connectivity index (χ1n) is 5.89. The van der Waals surface area contributed by atoms with Gasteiger partial charge in [0.05, 0.1) is 17.3 Å². The van der Waals surface area contributed by atoms with Crippen molar-refractivity contribution in [2.45, 2.75) is 13.0 Å². The number of rotatable bonds is 4. The smallest absolute Gasteiger partial charge is 0.0839 e. The first kappa shape index (κ1) is 12.9. The van der Waals surface area contributed by atoms with Crippen LogP contribution in [0.2, 0.25) is 5.02 Å². The fourth-order valence-electron chi connectivity index (χ4n) is 1.94. The molecule has 0 saturated heterocycles. The minimum atomic E-state index is 0.558. The van der Waals surface area contributed by atoms with Gasteiger partial charge in [0.2, 0.25) is 0 Å². The van der Waals surface area contributed by atoms with Crippen LogP contribution in [0.5, 0.6) is 0 Å². The maximum absolute atomic E-state index is 6.40. The molecular formula is C13H11Cl2N3S. The highest BCUT2D eigenvalue weighted by atomic mass is 35.5. The van der Waals surface area contributed by atoms with Gasteiger partial charge in [-0.05, 0) is 6.07 Å². The molecule has 3 nitrogen and oxygen atoms in total. The van der Waals surface area contributed by atoms with Crippen molar-refractivity contribution in [3.8, 4) is 0 Å². The van der Waals surface area contributed by atoms with Gasteiger partial charge in [0.1, 0.15) is 0 Å². The van der Waals surface area contributed by atoms with Crippen molar-refractivity contribution < 1.29 is 0 Å². The fourth-order valence-corrected chi connectivity index (χ4v) is 3.62. The maximum atomic E-state index is 6.40. The lowest BCUT2D eigenvalue weighted by Crippen LogP contribution is -1.98. The van der Waals surface area contributed by atoms with E-state index in [1.165, 1.54) is 4.70 Å². The van der Waals surface area contributed by atoms with Gasteiger partial charge in [0, 0.05) is 33.5 Å². The molecule has 0 N–H and O–H groups in total. The van der Waals surface area contributed by atoms with Gasteiger partial charge in [-0.25, -0.2) is 4.68 Å². The van der Waals surface area contributed by atoms with Crippen molar-refractivity contribution in [3.05, 3.63) is 46.1 Å². The third-order valence-corrected chi connectivity index (χ3v) is 4.73. The number of halogens is 2. The zero-order valence-electron chi connectivity index (χ0n) is 10.0. The summed E-state index contributed by atoms with van der Waals surface area (Å²) in [6.45, 7) is 0.646. The van der Waals surface area contributed by atoms with Crippen LogP contribution >= 0.6 is 34.5 Å². The Hall–Kier alpha value is -1.10. The standard InChI is InChI=1S/C13H11Cl2N3S/c14-6-5-9-7-18(17-16-9)8-12-13(15)10-3-1-2-4-11(10)19-12/h1-4,7H,5-6,8H2. The third kappa shape index (κ3) is 2.61. The molecule has 0 atom stereocenters. The summed E-state index contributed by atoms with van der Waals surface area (Å²) in [7, 11) is 0. The van der Waals surface area contributed by atoms with Crippen LogP contribution in [0.3, 0.4) is 0 Å². The average Bonchev–Trinajstić information content (AvgIpc) is 2.97. The second-order valence-electron chi connectivity index (χ2n) is 4.18. The summed E-state index contributed by atoms with van der Waals surface area (Å²) in [5, 5.41) is 10.1. The van der Waals surface area contributed by atoms with Gasteiger partial charge in [-0.1, -0.05) is 35.0 Å². The van der Waals surface area contributed by atoms with Gasteiger partial charge in [0.15, 0.2) is 0 Å². The Kier molecular flexibility index (Phi) is 3.73. The van der Waals surface area contributed by atoms with E-state index >= 15 is 0 Å². The molecule has 98 valence electrons. The summed E-state index contributed by atoms with van der Waals surface area (Å²) in [5.74, 6) is 0.558. The molecule has 0 saturated carbocycles. The topological polar surface area (TPSA) is 30.7 Å². The number of alkyl halides is 1. The predicted octanol–water partition coefficient (Wildman–Crippen LogP) is 3.98. The molecule has 0 aliphatic carbocycles. The predicted molar refractivity (Wildman–Crippen MR) is 80.4 cm³/mol. The Morgan fingerprint density at radius 1 is 1.26 bits per heavy atom. The number of aryl methyl sites for hydroxylation is 1. The molecule has 3 aromatic rings. The molecular weight excluding hydrogens is 301 g/mol. The normalized spacial score (nSPS) is 11.3. The molecule has 0 fully saturated rings. The van der Waals surface area contributed by atoms with Crippen LogP contribution in [-0.4, -0.2) is 20.9 Å². The van der Waals surface area contributed by atoms with Crippen LogP contribution < -0.4 is 0 Å². The fraction of sp³-hybridized carbons (Fsp3) is 0.231. The number of thiophene rings is 1. The largest absolute Gasteiger partial charge is 0.247 e. The minimum Gasteiger partial charge on any atom is -0.247 e. The molecule has 0 spiro atoms. The SMILES string of the molecule is ClCCc1cn(Cc2sc3ccccc3c2Cl)nn1. The van der Waals surface area contributed by atoms with Crippen molar-refractivity contribution in [2.24, 2.45) is 0 Å². The first-order valence-corrected chi connectivity index (χ1v) is 7.61. The molecule has 0 aliphatic heterocycles. The highest BCUT2D eigenvalue weighted by Gasteiger charge is 2.11. The monoisotopic (exact) mass is 311 g/mol. The van der Waals surface area contributed by atoms with Crippen LogP contribution in [0.4, 0.5) is 0 Å². The Morgan fingerprint density at radius 3 is 2.89 bits per heavy atom. The zero-order chi connectivity index (χ0) is 13.2. The summed E-state index contributed by atoms with van der Waals surface area (Å²) in [6, 6.07) is 8.14. The number of fused-ring (bicyclic) bond motifs is 1. The molecule has 2 heterocycles. The average molecular weight is 312 g/mol. The highest BCUT2D eigenvalue weighted by molar-refractivity contribution is 7.19. The Morgan fingerprint density at radius 2 is 2.11 bits per heavy atom. The van der Waals surface area contributed by atoms with Gasteiger partial charge in [-0.15, -0.1) is 28.0 Å². The summed E-state index contributed by atoms with van der Waals surface area (Å²) in [6.07, 6.45) is 2.66. The van der Waals surface area contributed by atoms with Crippen molar-refractivity contribution in [1.29, 1.82) is 0 Å². The van der Waals surface area contributed by atoms with Crippen molar-refractivity contribution in [1.82, 2.24) is 15.0 Å². The summed E-state index contributed by atoms with van der Waals surface area (Å²) >= 11 is 13.8. The summed E-state index contributed by atoms with van der Waals surface area (Å²) in [4.78, 5) is 1.10. The van der Waals surface area contributed by atoms with Gasteiger partial charge in [0.25, 0.3) is 0 Å². The maximum Gasteiger partial charge on any atom is 0.0839 e. The van der Waals surface area contributed by atoms with E-state index in [4.69, 9.17) is 23.2 Å². The molecule has 0 amide bonds. The van der Waals surface area contributed by atoms with Crippen molar-refractivity contribution in [3.63, 3.8) is 0 Å². The van der Waals surface area contributed by atoms with E-state index in [-0.39, 0.29) is 0 Å². The van der Waals surface area contributed by atoms with Crippen LogP contribution in [0, 0.1) is 0 Å². The van der Waals surface area contributed by atoms with Crippen LogP contribution in [0.25, 0.3) is 10.1 Å². The Labute approximate surface area is 124 Å². The van der Waals surface area contributed by atoms with E-state index < -0.39 is 0 Å². The van der Waals surface area contributed by atoms with Gasteiger partial charge in [-0.3, -0.25) is 0 Å². The van der Waals surface area contributed by atoms with Crippen LogP contribution in [-0.2, 0) is 13.0 Å². The van der Waals surface area contributed by atoms with E-state index in [0.717, 1.165) is 27.4 Å². The number of hydrogen-bond donors (Lipinski definition) is 0. The van der Waals surface area contributed by atoms with Crippen LogP contribution in [0.1, 0.15) is 10.6 Å². The summed E-state index contributed by atoms with van der Waals surface area (Å²) in [5.41, 5.74) is 0.909. The second-order valence-corrected chi connectivity index (χ2v) is 6.07. The van der Waals surface area contributed by atoms with E-state index in [1.807, 2.05) is 24.4 Å².